The second-order valence-electron chi connectivity index (χ2n) is 7.58. The van der Waals surface area contributed by atoms with Gasteiger partial charge in [-0.3, -0.25) is 4.79 Å². The van der Waals surface area contributed by atoms with Gasteiger partial charge in [-0.1, -0.05) is 43.7 Å². The van der Waals surface area contributed by atoms with E-state index in [1.807, 2.05) is 24.3 Å². The molecule has 1 amide bonds. The van der Waals surface area contributed by atoms with Crippen molar-refractivity contribution in [3.8, 4) is 22.6 Å². The molecule has 0 bridgehead atoms. The number of anilines is 1. The molecule has 6 nitrogen and oxygen atoms in total. The summed E-state index contributed by atoms with van der Waals surface area (Å²) in [6.07, 6.45) is 1.98. The Morgan fingerprint density at radius 2 is 1.85 bits per heavy atom. The molecule has 6 heteroatoms. The molecule has 0 fully saturated rings. The maximum Gasteiger partial charge on any atom is 0.344 e. The largest absolute Gasteiger partial charge is 0.495 e. The fraction of sp³-hybridized carbons (Fsp3) is 0.185. The molecular weight excluding hydrogens is 418 g/mol. The van der Waals surface area contributed by atoms with Crippen LogP contribution in [-0.4, -0.2) is 19.6 Å². The van der Waals surface area contributed by atoms with Crippen LogP contribution in [-0.2, 0) is 0 Å². The fourth-order valence-corrected chi connectivity index (χ4v) is 3.49. The van der Waals surface area contributed by atoms with Crippen LogP contribution in [0.1, 0.15) is 30.1 Å². The molecule has 4 aromatic rings. The van der Waals surface area contributed by atoms with Crippen LogP contribution >= 0.6 is 0 Å². The minimum atomic E-state index is -0.451. The molecule has 0 atom stereocenters. The molecule has 3 aromatic carbocycles. The Balaban J connectivity index is 1.63. The number of nitrogens with one attached hydrogen (secondary N) is 1. The van der Waals surface area contributed by atoms with Crippen LogP contribution in [0.2, 0.25) is 0 Å². The summed E-state index contributed by atoms with van der Waals surface area (Å²) in [5.74, 6) is 0.815. The number of unbranched alkanes of at least 4 members (excludes halogenated alkanes) is 1. The Kier molecular flexibility index (Phi) is 6.74. The van der Waals surface area contributed by atoms with Gasteiger partial charge in [-0.2, -0.15) is 0 Å². The molecule has 0 aliphatic carbocycles. The number of ether oxygens (including phenoxy) is 2. The summed E-state index contributed by atoms with van der Waals surface area (Å²) in [4.78, 5) is 25.5. The van der Waals surface area contributed by atoms with Gasteiger partial charge < -0.3 is 19.2 Å². The molecule has 0 spiro atoms. The topological polar surface area (TPSA) is 77.8 Å². The lowest BCUT2D eigenvalue weighted by atomic mass is 10.0. The van der Waals surface area contributed by atoms with Crippen molar-refractivity contribution in [3.05, 3.63) is 88.8 Å². The highest BCUT2D eigenvalue weighted by Gasteiger charge is 2.14. The SMILES string of the molecule is CCCCOc1cccc(C(=O)Nc2cc(-c3cc4ccccc4oc3=O)ccc2OC)c1. The smallest absolute Gasteiger partial charge is 0.344 e. The molecule has 4 rings (SSSR count). The van der Waals surface area contributed by atoms with Gasteiger partial charge in [0.25, 0.3) is 5.91 Å². The zero-order valence-electron chi connectivity index (χ0n) is 18.6. The van der Waals surface area contributed by atoms with Crippen molar-refractivity contribution in [1.29, 1.82) is 0 Å². The van der Waals surface area contributed by atoms with Gasteiger partial charge in [-0.25, -0.2) is 4.79 Å². The van der Waals surface area contributed by atoms with Crippen LogP contribution in [0.15, 0.2) is 82.0 Å². The predicted octanol–water partition coefficient (Wildman–Crippen LogP) is 5.90. The molecule has 1 N–H and O–H groups in total. The minimum absolute atomic E-state index is 0.308. The number of amides is 1. The molecule has 1 heterocycles. The zero-order chi connectivity index (χ0) is 23.2. The van der Waals surface area contributed by atoms with Gasteiger partial charge in [0.05, 0.1) is 25.0 Å². The van der Waals surface area contributed by atoms with E-state index in [-0.39, 0.29) is 5.91 Å². The first-order chi connectivity index (χ1) is 16.1. The summed E-state index contributed by atoms with van der Waals surface area (Å²) in [6, 6.07) is 21.3. The number of rotatable bonds is 8. The van der Waals surface area contributed by atoms with Gasteiger partial charge in [-0.05, 0) is 54.4 Å². The number of carbonyl (C=O) groups is 1. The summed E-state index contributed by atoms with van der Waals surface area (Å²) in [7, 11) is 1.53. The standard InChI is InChI=1S/C27H25NO5/c1-3-4-14-32-21-10-7-9-20(15-21)26(29)28-23-17-18(12-13-25(23)31-2)22-16-19-8-5-6-11-24(19)33-27(22)30/h5-13,15-17H,3-4,14H2,1-2H3,(H,28,29). The van der Waals surface area contributed by atoms with E-state index in [2.05, 4.69) is 12.2 Å². The van der Waals surface area contributed by atoms with Crippen molar-refractivity contribution in [2.24, 2.45) is 0 Å². The normalized spacial score (nSPS) is 10.7. The van der Waals surface area contributed by atoms with Crippen LogP contribution in [0.4, 0.5) is 5.69 Å². The summed E-state index contributed by atoms with van der Waals surface area (Å²) < 4.78 is 16.6. The second-order valence-corrected chi connectivity index (χ2v) is 7.58. The Labute approximate surface area is 191 Å². The van der Waals surface area contributed by atoms with Gasteiger partial charge in [0.1, 0.15) is 17.1 Å². The molecule has 168 valence electrons. The van der Waals surface area contributed by atoms with Crippen molar-refractivity contribution >= 4 is 22.6 Å². The molecule has 33 heavy (non-hydrogen) atoms. The Hall–Kier alpha value is -4.06. The number of fused-ring (bicyclic) bond motifs is 1. The van der Waals surface area contributed by atoms with Crippen LogP contribution in [0, 0.1) is 0 Å². The van der Waals surface area contributed by atoms with E-state index in [1.165, 1.54) is 7.11 Å². The number of benzene rings is 3. The number of para-hydroxylation sites is 1. The highest BCUT2D eigenvalue weighted by Crippen LogP contribution is 2.31. The molecule has 0 saturated carbocycles. The third kappa shape index (κ3) is 5.06. The molecule has 0 radical (unpaired) electrons. The molecule has 0 aliphatic heterocycles. The maximum absolute atomic E-state index is 13.0. The molecule has 0 saturated heterocycles. The second kappa shape index (κ2) is 10.0. The molecule has 1 aromatic heterocycles. The van der Waals surface area contributed by atoms with E-state index in [1.54, 1.807) is 48.5 Å². The van der Waals surface area contributed by atoms with Crippen LogP contribution in [0.25, 0.3) is 22.1 Å². The van der Waals surface area contributed by atoms with Gasteiger partial charge in [0.2, 0.25) is 0 Å². The van der Waals surface area contributed by atoms with Crippen LogP contribution < -0.4 is 20.4 Å². The molecular formula is C27H25NO5. The number of carbonyl (C=O) groups excluding carboxylic acids is 1. The first-order valence-corrected chi connectivity index (χ1v) is 10.8. The summed E-state index contributed by atoms with van der Waals surface area (Å²) in [6.45, 7) is 2.70. The lowest BCUT2D eigenvalue weighted by Crippen LogP contribution is -2.13. The van der Waals surface area contributed by atoms with Gasteiger partial charge in [0.15, 0.2) is 0 Å². The Bertz CT molecular complexity index is 1340. The highest BCUT2D eigenvalue weighted by atomic mass is 16.5. The van der Waals surface area contributed by atoms with Gasteiger partial charge in [-0.15, -0.1) is 0 Å². The summed E-state index contributed by atoms with van der Waals surface area (Å²) >= 11 is 0. The third-order valence-electron chi connectivity index (χ3n) is 5.26. The van der Waals surface area contributed by atoms with Crippen molar-refractivity contribution in [1.82, 2.24) is 0 Å². The van der Waals surface area contributed by atoms with E-state index >= 15 is 0 Å². The van der Waals surface area contributed by atoms with Crippen molar-refractivity contribution in [3.63, 3.8) is 0 Å². The van der Waals surface area contributed by atoms with Gasteiger partial charge in [0, 0.05) is 10.9 Å². The number of hydrogen-bond donors (Lipinski definition) is 1. The Morgan fingerprint density at radius 3 is 2.67 bits per heavy atom. The van der Waals surface area contributed by atoms with Crippen molar-refractivity contribution < 1.29 is 18.7 Å². The first kappa shape index (κ1) is 22.1. The van der Waals surface area contributed by atoms with E-state index in [0.29, 0.717) is 46.1 Å². The maximum atomic E-state index is 13.0. The average molecular weight is 443 g/mol. The highest BCUT2D eigenvalue weighted by molar-refractivity contribution is 6.05. The third-order valence-corrected chi connectivity index (χ3v) is 5.26. The average Bonchev–Trinajstić information content (AvgIpc) is 2.84. The van der Waals surface area contributed by atoms with E-state index < -0.39 is 5.63 Å². The Morgan fingerprint density at radius 1 is 1.00 bits per heavy atom. The van der Waals surface area contributed by atoms with Gasteiger partial charge >= 0.3 is 5.63 Å². The van der Waals surface area contributed by atoms with Crippen molar-refractivity contribution in [2.45, 2.75) is 19.8 Å². The van der Waals surface area contributed by atoms with Crippen LogP contribution in [0.3, 0.4) is 0 Å². The quantitative estimate of drug-likeness (QED) is 0.271. The number of methoxy groups -OCH3 is 1. The number of hydrogen-bond acceptors (Lipinski definition) is 5. The lowest BCUT2D eigenvalue weighted by molar-refractivity contribution is 0.102. The van der Waals surface area contributed by atoms with Crippen LogP contribution in [0.5, 0.6) is 11.5 Å². The summed E-state index contributed by atoms with van der Waals surface area (Å²) in [5, 5.41) is 3.70. The van der Waals surface area contributed by atoms with Crippen molar-refractivity contribution in [2.75, 3.05) is 19.0 Å². The van der Waals surface area contributed by atoms with E-state index in [9.17, 15) is 9.59 Å². The molecule has 0 aliphatic rings. The zero-order valence-corrected chi connectivity index (χ0v) is 18.6. The monoisotopic (exact) mass is 443 g/mol. The fourth-order valence-electron chi connectivity index (χ4n) is 3.49. The lowest BCUT2D eigenvalue weighted by Gasteiger charge is -2.13. The minimum Gasteiger partial charge on any atom is -0.495 e. The molecule has 0 unspecified atom stereocenters. The first-order valence-electron chi connectivity index (χ1n) is 10.8. The predicted molar refractivity (Wildman–Crippen MR) is 129 cm³/mol. The van der Waals surface area contributed by atoms with E-state index in [4.69, 9.17) is 13.9 Å². The summed E-state index contributed by atoms with van der Waals surface area (Å²) in [5.41, 5.74) is 1.99. The van der Waals surface area contributed by atoms with E-state index in [0.717, 1.165) is 18.2 Å².